The van der Waals surface area contributed by atoms with Crippen LogP contribution in [0.2, 0.25) is 0 Å². The molecule has 3 rings (SSSR count). The molecule has 1 aliphatic heterocycles. The van der Waals surface area contributed by atoms with Gasteiger partial charge in [0.25, 0.3) is 5.91 Å². The number of nitrogens with one attached hydrogen (secondary N) is 1. The van der Waals surface area contributed by atoms with E-state index in [1.165, 1.54) is 11.6 Å². The molecule has 0 bridgehead atoms. The molecule has 2 amide bonds. The van der Waals surface area contributed by atoms with Crippen LogP contribution < -0.4 is 10.1 Å². The average Bonchev–Trinajstić information content (AvgIpc) is 3.09. The lowest BCUT2D eigenvalue weighted by atomic mass is 9.97. The molecule has 1 N–H and O–H groups in total. The molecule has 2 aromatic rings. The summed E-state index contributed by atoms with van der Waals surface area (Å²) in [4.78, 5) is 26.2. The third-order valence-corrected chi connectivity index (χ3v) is 5.01. The maximum atomic E-state index is 12.9. The predicted molar refractivity (Wildman–Crippen MR) is 106 cm³/mol. The number of hydrogen-bond donors (Lipinski definition) is 1. The summed E-state index contributed by atoms with van der Waals surface area (Å²) in [5.41, 5.74) is 2.48. The van der Waals surface area contributed by atoms with Crippen molar-refractivity contribution in [1.29, 1.82) is 0 Å². The minimum absolute atomic E-state index is 0.0140. The maximum Gasteiger partial charge on any atom is 0.254 e. The van der Waals surface area contributed by atoms with E-state index in [4.69, 9.17) is 4.74 Å². The van der Waals surface area contributed by atoms with Gasteiger partial charge in [-0.25, -0.2) is 0 Å². The first-order valence-electron chi connectivity index (χ1n) is 9.00. The van der Waals surface area contributed by atoms with E-state index in [-0.39, 0.29) is 17.9 Å². The van der Waals surface area contributed by atoms with Crippen LogP contribution in [0.4, 0.5) is 5.69 Å². The molecule has 0 saturated carbocycles. The number of nitrogens with zero attached hydrogens (tertiary/aromatic N) is 1. The highest BCUT2D eigenvalue weighted by atomic mass is 16.5. The molecule has 0 aliphatic carbocycles. The Balaban J connectivity index is 1.69. The first kappa shape index (κ1) is 18.7. The Morgan fingerprint density at radius 2 is 1.81 bits per heavy atom. The van der Waals surface area contributed by atoms with Crippen LogP contribution in [0.25, 0.3) is 0 Å². The number of rotatable bonds is 5. The second-order valence-electron chi connectivity index (χ2n) is 6.78. The Bertz CT molecular complexity index is 828. The first-order chi connectivity index (χ1) is 13.0. The van der Waals surface area contributed by atoms with Crippen LogP contribution in [-0.2, 0) is 4.79 Å². The summed E-state index contributed by atoms with van der Waals surface area (Å²) in [6.07, 6.45) is 2.15. The Morgan fingerprint density at radius 1 is 1.15 bits per heavy atom. The molecular weight excluding hydrogens is 340 g/mol. The number of benzene rings is 2. The molecule has 27 heavy (non-hydrogen) atoms. The van der Waals surface area contributed by atoms with Gasteiger partial charge in [0.15, 0.2) is 0 Å². The molecule has 5 nitrogen and oxygen atoms in total. The predicted octanol–water partition coefficient (Wildman–Crippen LogP) is 3.84. The Kier molecular flexibility index (Phi) is 5.60. The largest absolute Gasteiger partial charge is 0.497 e. The van der Waals surface area contributed by atoms with Gasteiger partial charge in [0.2, 0.25) is 5.91 Å². The van der Waals surface area contributed by atoms with Crippen LogP contribution in [0, 0.1) is 0 Å². The molecule has 1 heterocycles. The molecule has 1 fully saturated rings. The molecule has 0 radical (unpaired) electrons. The fraction of sp³-hybridized carbons (Fsp3) is 0.273. The number of hydrogen-bond acceptors (Lipinski definition) is 3. The highest BCUT2D eigenvalue weighted by molar-refractivity contribution is 5.99. The van der Waals surface area contributed by atoms with E-state index in [1.807, 2.05) is 17.0 Å². The van der Waals surface area contributed by atoms with Gasteiger partial charge in [-0.05, 0) is 61.4 Å². The SMILES string of the molecule is C=CC(=O)Nc1ccc(C(=O)N2CC(c3ccc(OC)cc3)CC2C)cc1. The lowest BCUT2D eigenvalue weighted by Gasteiger charge is -2.21. The van der Waals surface area contributed by atoms with Crippen LogP contribution >= 0.6 is 0 Å². The zero-order chi connectivity index (χ0) is 19.4. The summed E-state index contributed by atoms with van der Waals surface area (Å²) < 4.78 is 5.21. The van der Waals surface area contributed by atoms with Crippen LogP contribution in [-0.4, -0.2) is 36.4 Å². The van der Waals surface area contributed by atoms with Crippen molar-refractivity contribution in [3.63, 3.8) is 0 Å². The number of anilines is 1. The van der Waals surface area contributed by atoms with E-state index in [9.17, 15) is 9.59 Å². The monoisotopic (exact) mass is 364 g/mol. The summed E-state index contributed by atoms with van der Waals surface area (Å²) in [5, 5.41) is 2.68. The molecular formula is C22H24N2O3. The molecule has 5 heteroatoms. The van der Waals surface area contributed by atoms with Gasteiger partial charge in [-0.2, -0.15) is 0 Å². The zero-order valence-electron chi connectivity index (χ0n) is 15.6. The lowest BCUT2D eigenvalue weighted by Crippen LogP contribution is -2.33. The van der Waals surface area contributed by atoms with E-state index in [0.29, 0.717) is 23.7 Å². The molecule has 140 valence electrons. The number of likely N-dealkylation sites (tertiary alicyclic amines) is 1. The van der Waals surface area contributed by atoms with E-state index < -0.39 is 0 Å². The Morgan fingerprint density at radius 3 is 2.41 bits per heavy atom. The number of ether oxygens (including phenoxy) is 1. The van der Waals surface area contributed by atoms with Crippen molar-refractivity contribution in [2.45, 2.75) is 25.3 Å². The van der Waals surface area contributed by atoms with E-state index >= 15 is 0 Å². The van der Waals surface area contributed by atoms with Crippen molar-refractivity contribution in [1.82, 2.24) is 4.90 Å². The van der Waals surface area contributed by atoms with Crippen molar-refractivity contribution in [3.05, 3.63) is 72.3 Å². The number of amides is 2. The Hall–Kier alpha value is -3.08. The minimum atomic E-state index is -0.274. The Labute approximate surface area is 159 Å². The summed E-state index contributed by atoms with van der Waals surface area (Å²) in [6, 6.07) is 15.2. The van der Waals surface area contributed by atoms with Gasteiger partial charge < -0.3 is 15.0 Å². The van der Waals surface area contributed by atoms with Gasteiger partial charge in [-0.3, -0.25) is 9.59 Å². The number of methoxy groups -OCH3 is 1. The van der Waals surface area contributed by atoms with Crippen molar-refractivity contribution in [2.75, 3.05) is 19.0 Å². The summed E-state index contributed by atoms with van der Waals surface area (Å²) >= 11 is 0. The smallest absolute Gasteiger partial charge is 0.254 e. The number of carbonyl (C=O) groups excluding carboxylic acids is 2. The van der Waals surface area contributed by atoms with Gasteiger partial charge >= 0.3 is 0 Å². The standard InChI is InChI=1S/C22H24N2O3/c1-4-21(25)23-19-9-5-17(6-10-19)22(26)24-14-18(13-15(24)2)16-7-11-20(27-3)12-8-16/h4-12,15,18H,1,13-14H2,2-3H3,(H,23,25). The zero-order valence-corrected chi connectivity index (χ0v) is 15.6. The van der Waals surface area contributed by atoms with Crippen LogP contribution in [0.3, 0.4) is 0 Å². The van der Waals surface area contributed by atoms with Crippen molar-refractivity contribution < 1.29 is 14.3 Å². The quantitative estimate of drug-likeness (QED) is 0.820. The molecule has 1 saturated heterocycles. The highest BCUT2D eigenvalue weighted by Gasteiger charge is 2.33. The van der Waals surface area contributed by atoms with Gasteiger partial charge in [-0.1, -0.05) is 18.7 Å². The highest BCUT2D eigenvalue weighted by Crippen LogP contribution is 2.33. The minimum Gasteiger partial charge on any atom is -0.497 e. The lowest BCUT2D eigenvalue weighted by molar-refractivity contribution is -0.111. The fourth-order valence-corrected chi connectivity index (χ4v) is 3.49. The fourth-order valence-electron chi connectivity index (χ4n) is 3.49. The molecule has 2 unspecified atom stereocenters. The van der Waals surface area contributed by atoms with Gasteiger partial charge in [0, 0.05) is 29.8 Å². The van der Waals surface area contributed by atoms with Gasteiger partial charge in [0.05, 0.1) is 7.11 Å². The molecule has 2 atom stereocenters. The van der Waals surface area contributed by atoms with E-state index in [2.05, 4.69) is 31.0 Å². The summed E-state index contributed by atoms with van der Waals surface area (Å²) in [5.74, 6) is 0.895. The summed E-state index contributed by atoms with van der Waals surface area (Å²) in [7, 11) is 1.65. The normalized spacial score (nSPS) is 18.8. The van der Waals surface area contributed by atoms with Crippen LogP contribution in [0.1, 0.15) is 35.2 Å². The van der Waals surface area contributed by atoms with Crippen molar-refractivity contribution >= 4 is 17.5 Å². The maximum absolute atomic E-state index is 12.9. The topological polar surface area (TPSA) is 58.6 Å². The van der Waals surface area contributed by atoms with Gasteiger partial charge in [-0.15, -0.1) is 0 Å². The van der Waals surface area contributed by atoms with Crippen molar-refractivity contribution in [2.24, 2.45) is 0 Å². The second-order valence-corrected chi connectivity index (χ2v) is 6.78. The molecule has 2 aromatic carbocycles. The van der Waals surface area contributed by atoms with Crippen molar-refractivity contribution in [3.8, 4) is 5.75 Å². The average molecular weight is 364 g/mol. The third-order valence-electron chi connectivity index (χ3n) is 5.01. The van der Waals surface area contributed by atoms with Crippen LogP contribution in [0.15, 0.2) is 61.2 Å². The molecule has 0 spiro atoms. The van der Waals surface area contributed by atoms with E-state index in [1.54, 1.807) is 31.4 Å². The van der Waals surface area contributed by atoms with Crippen LogP contribution in [0.5, 0.6) is 5.75 Å². The second kappa shape index (κ2) is 8.08. The molecule has 1 aliphatic rings. The van der Waals surface area contributed by atoms with E-state index in [0.717, 1.165) is 12.2 Å². The molecule has 0 aromatic heterocycles. The van der Waals surface area contributed by atoms with Gasteiger partial charge in [0.1, 0.15) is 5.75 Å². The first-order valence-corrected chi connectivity index (χ1v) is 9.00. The number of carbonyl (C=O) groups is 2. The third kappa shape index (κ3) is 4.19. The summed E-state index contributed by atoms with van der Waals surface area (Å²) in [6.45, 7) is 6.20.